The van der Waals surface area contributed by atoms with Gasteiger partial charge in [-0.2, -0.15) is 0 Å². The average molecular weight is 207 g/mol. The number of pyridine rings is 1. The molecule has 2 N–H and O–H groups in total. The Bertz CT molecular complexity index is 454. The van der Waals surface area contributed by atoms with Gasteiger partial charge in [0, 0.05) is 17.5 Å². The summed E-state index contributed by atoms with van der Waals surface area (Å²) in [6.45, 7) is 0.614. The Balaban J connectivity index is 2.58. The van der Waals surface area contributed by atoms with Crippen LogP contribution in [0.25, 0.3) is 10.9 Å². The van der Waals surface area contributed by atoms with Gasteiger partial charge in [-0.05, 0) is 18.7 Å². The number of benzene rings is 1. The van der Waals surface area contributed by atoms with Crippen molar-refractivity contribution in [2.24, 2.45) is 5.73 Å². The summed E-state index contributed by atoms with van der Waals surface area (Å²) in [5.41, 5.74) is 7.32. The third-order valence-corrected chi connectivity index (χ3v) is 2.43. The van der Waals surface area contributed by atoms with E-state index in [1.807, 2.05) is 30.3 Å². The van der Waals surface area contributed by atoms with Crippen molar-refractivity contribution in [1.82, 2.24) is 4.98 Å². The Labute approximate surface area is 87.7 Å². The zero-order valence-electron chi connectivity index (χ0n) is 7.70. The molecule has 0 spiro atoms. The Morgan fingerprint density at radius 2 is 2.07 bits per heavy atom. The zero-order valence-corrected chi connectivity index (χ0v) is 8.46. The number of rotatable bonds is 2. The lowest BCUT2D eigenvalue weighted by atomic mass is 10.2. The van der Waals surface area contributed by atoms with E-state index < -0.39 is 0 Å². The van der Waals surface area contributed by atoms with E-state index in [0.717, 1.165) is 23.0 Å². The summed E-state index contributed by atoms with van der Waals surface area (Å²) < 4.78 is 0. The second-order valence-corrected chi connectivity index (χ2v) is 3.56. The van der Waals surface area contributed by atoms with Gasteiger partial charge in [-0.3, -0.25) is 4.98 Å². The van der Waals surface area contributed by atoms with Crippen LogP contribution >= 0.6 is 11.6 Å². The minimum atomic E-state index is 0.614. The van der Waals surface area contributed by atoms with Crippen LogP contribution in [0.5, 0.6) is 0 Å². The first kappa shape index (κ1) is 9.44. The van der Waals surface area contributed by atoms with Crippen molar-refractivity contribution in [1.29, 1.82) is 0 Å². The standard InChI is InChI=1S/C11H11ClN2/c12-10-3-1-2-8-4-5-9(6-7-13)14-11(8)10/h1-5H,6-7,13H2. The molecule has 0 amide bonds. The number of fused-ring (bicyclic) bond motifs is 1. The van der Waals surface area contributed by atoms with Crippen LogP contribution in [-0.4, -0.2) is 11.5 Å². The number of para-hydroxylation sites is 1. The molecule has 1 aromatic carbocycles. The van der Waals surface area contributed by atoms with Crippen molar-refractivity contribution in [3.8, 4) is 0 Å². The summed E-state index contributed by atoms with van der Waals surface area (Å²) in [7, 11) is 0. The van der Waals surface area contributed by atoms with Gasteiger partial charge < -0.3 is 5.73 Å². The quantitative estimate of drug-likeness (QED) is 0.820. The molecule has 0 aliphatic heterocycles. The molecular weight excluding hydrogens is 196 g/mol. The maximum atomic E-state index is 6.04. The molecule has 1 heterocycles. The Kier molecular flexibility index (Phi) is 2.66. The third kappa shape index (κ3) is 1.72. The molecule has 0 bridgehead atoms. The summed E-state index contributed by atoms with van der Waals surface area (Å²) in [5.74, 6) is 0. The second kappa shape index (κ2) is 3.95. The highest BCUT2D eigenvalue weighted by atomic mass is 35.5. The molecule has 0 fully saturated rings. The predicted octanol–water partition coefficient (Wildman–Crippen LogP) is 2.39. The molecule has 3 heteroatoms. The van der Waals surface area contributed by atoms with Gasteiger partial charge in [0.05, 0.1) is 10.5 Å². The molecule has 0 atom stereocenters. The van der Waals surface area contributed by atoms with Crippen molar-refractivity contribution in [2.75, 3.05) is 6.54 Å². The highest BCUT2D eigenvalue weighted by Crippen LogP contribution is 2.21. The van der Waals surface area contributed by atoms with Crippen molar-refractivity contribution in [3.05, 3.63) is 41.0 Å². The molecule has 72 valence electrons. The fourth-order valence-electron chi connectivity index (χ4n) is 1.44. The molecule has 0 saturated heterocycles. The van der Waals surface area contributed by atoms with Crippen molar-refractivity contribution in [3.63, 3.8) is 0 Å². The lowest BCUT2D eigenvalue weighted by Gasteiger charge is -2.02. The minimum Gasteiger partial charge on any atom is -0.330 e. The molecule has 0 unspecified atom stereocenters. The van der Waals surface area contributed by atoms with Gasteiger partial charge in [-0.15, -0.1) is 0 Å². The summed E-state index contributed by atoms with van der Waals surface area (Å²) in [6, 6.07) is 9.79. The van der Waals surface area contributed by atoms with Crippen molar-refractivity contribution >= 4 is 22.5 Å². The first-order chi connectivity index (χ1) is 6.81. The van der Waals surface area contributed by atoms with E-state index in [1.54, 1.807) is 0 Å². The van der Waals surface area contributed by atoms with Crippen LogP contribution in [0.2, 0.25) is 5.02 Å². The summed E-state index contributed by atoms with van der Waals surface area (Å²) in [4.78, 5) is 4.45. The number of hydrogen-bond acceptors (Lipinski definition) is 2. The second-order valence-electron chi connectivity index (χ2n) is 3.15. The van der Waals surface area contributed by atoms with E-state index in [2.05, 4.69) is 4.98 Å². The van der Waals surface area contributed by atoms with E-state index >= 15 is 0 Å². The van der Waals surface area contributed by atoms with Gasteiger partial charge in [0.25, 0.3) is 0 Å². The summed E-state index contributed by atoms with van der Waals surface area (Å²) in [6.07, 6.45) is 0.793. The Morgan fingerprint density at radius 1 is 1.21 bits per heavy atom. The normalized spacial score (nSPS) is 10.7. The summed E-state index contributed by atoms with van der Waals surface area (Å²) >= 11 is 6.04. The maximum absolute atomic E-state index is 6.04. The molecule has 2 aromatic rings. The van der Waals surface area contributed by atoms with Crippen LogP contribution in [-0.2, 0) is 6.42 Å². The number of aromatic nitrogens is 1. The van der Waals surface area contributed by atoms with Crippen LogP contribution in [0.4, 0.5) is 0 Å². The molecule has 0 aliphatic carbocycles. The molecule has 0 saturated carbocycles. The Hall–Kier alpha value is -1.12. The molecule has 2 rings (SSSR count). The number of halogens is 1. The highest BCUT2D eigenvalue weighted by Gasteiger charge is 2.00. The summed E-state index contributed by atoms with van der Waals surface area (Å²) in [5, 5.41) is 1.76. The fourth-order valence-corrected chi connectivity index (χ4v) is 1.66. The molecule has 1 aromatic heterocycles. The molecule has 2 nitrogen and oxygen atoms in total. The predicted molar refractivity (Wildman–Crippen MR) is 59.5 cm³/mol. The van der Waals surface area contributed by atoms with Crippen molar-refractivity contribution < 1.29 is 0 Å². The van der Waals surface area contributed by atoms with Crippen LogP contribution in [0.3, 0.4) is 0 Å². The van der Waals surface area contributed by atoms with E-state index in [1.165, 1.54) is 0 Å². The SMILES string of the molecule is NCCc1ccc2cccc(Cl)c2n1. The number of nitrogens with zero attached hydrogens (tertiary/aromatic N) is 1. The number of nitrogens with two attached hydrogens (primary N) is 1. The number of hydrogen-bond donors (Lipinski definition) is 1. The van der Waals surface area contributed by atoms with Crippen LogP contribution < -0.4 is 5.73 Å². The lowest BCUT2D eigenvalue weighted by molar-refractivity contribution is 0.932. The smallest absolute Gasteiger partial charge is 0.0891 e. The van der Waals surface area contributed by atoms with Gasteiger partial charge in [-0.25, -0.2) is 0 Å². The van der Waals surface area contributed by atoms with E-state index in [9.17, 15) is 0 Å². The third-order valence-electron chi connectivity index (χ3n) is 2.13. The van der Waals surface area contributed by atoms with Crippen LogP contribution in [0, 0.1) is 0 Å². The highest BCUT2D eigenvalue weighted by molar-refractivity contribution is 6.35. The largest absolute Gasteiger partial charge is 0.330 e. The van der Waals surface area contributed by atoms with Gasteiger partial charge in [0.1, 0.15) is 0 Å². The molecule has 0 radical (unpaired) electrons. The molecular formula is C11H11ClN2. The van der Waals surface area contributed by atoms with E-state index in [4.69, 9.17) is 17.3 Å². The van der Waals surface area contributed by atoms with Gasteiger partial charge in [-0.1, -0.05) is 29.8 Å². The van der Waals surface area contributed by atoms with Crippen LogP contribution in [0.15, 0.2) is 30.3 Å². The topological polar surface area (TPSA) is 38.9 Å². The molecule has 0 aliphatic rings. The Morgan fingerprint density at radius 3 is 2.86 bits per heavy atom. The maximum Gasteiger partial charge on any atom is 0.0891 e. The zero-order chi connectivity index (χ0) is 9.97. The minimum absolute atomic E-state index is 0.614. The first-order valence-electron chi connectivity index (χ1n) is 4.55. The van der Waals surface area contributed by atoms with E-state index in [0.29, 0.717) is 11.6 Å². The van der Waals surface area contributed by atoms with Crippen molar-refractivity contribution in [2.45, 2.75) is 6.42 Å². The first-order valence-corrected chi connectivity index (χ1v) is 4.93. The monoisotopic (exact) mass is 206 g/mol. The van der Waals surface area contributed by atoms with Gasteiger partial charge in [0.15, 0.2) is 0 Å². The van der Waals surface area contributed by atoms with Gasteiger partial charge in [0.2, 0.25) is 0 Å². The van der Waals surface area contributed by atoms with E-state index in [-0.39, 0.29) is 0 Å². The average Bonchev–Trinajstić information content (AvgIpc) is 2.20. The molecule has 14 heavy (non-hydrogen) atoms. The fraction of sp³-hybridized carbons (Fsp3) is 0.182. The van der Waals surface area contributed by atoms with Gasteiger partial charge >= 0.3 is 0 Å². The van der Waals surface area contributed by atoms with Crippen LogP contribution in [0.1, 0.15) is 5.69 Å². The lowest BCUT2D eigenvalue weighted by Crippen LogP contribution is -2.04.